The number of anilines is 1. The molecule has 37 heavy (non-hydrogen) atoms. The number of fused-ring (bicyclic) bond motifs is 5. The third-order valence-electron chi connectivity index (χ3n) is 7.10. The normalized spacial score (nSPS) is 27.7. The van der Waals surface area contributed by atoms with E-state index in [4.69, 9.17) is 39.5 Å². The molecule has 1 aliphatic heterocycles. The molecule has 6 atom stereocenters. The fraction of sp³-hybridized carbons (Fsp3) is 0.320. The molecule has 3 aliphatic rings. The fourth-order valence-corrected chi connectivity index (χ4v) is 6.42. The molecule has 2 aromatic carbocycles. The Labute approximate surface area is 226 Å². The summed E-state index contributed by atoms with van der Waals surface area (Å²) >= 11 is 18.6. The lowest BCUT2D eigenvalue weighted by Gasteiger charge is -2.28. The fourth-order valence-electron chi connectivity index (χ4n) is 5.40. The van der Waals surface area contributed by atoms with E-state index in [1.165, 1.54) is 48.5 Å². The maximum atomic E-state index is 13.1. The van der Waals surface area contributed by atoms with E-state index in [2.05, 4.69) is 10.9 Å². The van der Waals surface area contributed by atoms with Crippen molar-refractivity contribution in [2.24, 2.45) is 23.7 Å². The third-order valence-corrected chi connectivity index (χ3v) is 8.68. The first-order valence-corrected chi connectivity index (χ1v) is 12.7. The molecule has 2 aromatic rings. The summed E-state index contributed by atoms with van der Waals surface area (Å²) in [5.74, 6) is -3.93. The second-order valence-electron chi connectivity index (χ2n) is 9.15. The van der Waals surface area contributed by atoms with Crippen LogP contribution >= 0.6 is 34.8 Å². The molecular formula is C25H20Cl3N3O6. The lowest BCUT2D eigenvalue weighted by Crippen LogP contribution is -2.43. The molecule has 0 aromatic heterocycles. The monoisotopic (exact) mass is 563 g/mol. The molecule has 0 spiro atoms. The standard InChI is InChI=1S/C25H20Cl3N3O6/c26-13-5-1-11(2-6-13)22(33)30-29-17(32)10-37-25(36)12-3-7-14(8-4-12)31-23(34)18-15-9-16(19(18)24(31)35)21(28)20(15)27/h1-8,15-16,18-21H,9-10H2,(H,29,32)(H,30,33)/t15-,16-,18-,19-,20-,21+/m1/s1. The summed E-state index contributed by atoms with van der Waals surface area (Å²) in [6, 6.07) is 11.8. The van der Waals surface area contributed by atoms with Crippen LogP contribution in [0.5, 0.6) is 0 Å². The van der Waals surface area contributed by atoms with Gasteiger partial charge in [-0.3, -0.25) is 34.9 Å². The Kier molecular flexibility index (Phi) is 6.87. The quantitative estimate of drug-likeness (QED) is 0.249. The first-order valence-electron chi connectivity index (χ1n) is 11.4. The molecule has 12 heteroatoms. The lowest BCUT2D eigenvalue weighted by atomic mass is 9.80. The van der Waals surface area contributed by atoms with Crippen LogP contribution in [0.25, 0.3) is 0 Å². The summed E-state index contributed by atoms with van der Waals surface area (Å²) in [5.41, 5.74) is 5.07. The van der Waals surface area contributed by atoms with Crippen LogP contribution in [-0.4, -0.2) is 47.0 Å². The van der Waals surface area contributed by atoms with E-state index in [0.717, 1.165) is 4.90 Å². The molecule has 3 fully saturated rings. The number of hydrogen-bond acceptors (Lipinski definition) is 6. The minimum Gasteiger partial charge on any atom is -0.452 e. The van der Waals surface area contributed by atoms with E-state index >= 15 is 0 Å². The molecule has 2 aliphatic carbocycles. The molecule has 192 valence electrons. The maximum absolute atomic E-state index is 13.1. The summed E-state index contributed by atoms with van der Waals surface area (Å²) in [5, 5.41) is -0.225. The minimum atomic E-state index is -0.797. The Bertz CT molecular complexity index is 1250. The van der Waals surface area contributed by atoms with Gasteiger partial charge in [0.05, 0.1) is 33.8 Å². The Balaban J connectivity index is 1.15. The molecule has 1 heterocycles. The van der Waals surface area contributed by atoms with Crippen molar-refractivity contribution in [2.45, 2.75) is 17.2 Å². The molecular weight excluding hydrogens is 545 g/mol. The SMILES string of the molecule is O=C(COC(=O)c1ccc(N2C(=O)[C@@H]3[C@H]4C[C@@H]([C@@H](Cl)[C@H]4Cl)[C@H]3C2=O)cc1)NNC(=O)c1ccc(Cl)cc1. The van der Waals surface area contributed by atoms with Gasteiger partial charge < -0.3 is 4.74 Å². The number of nitrogens with one attached hydrogen (secondary N) is 2. The Hall–Kier alpha value is -3.14. The highest BCUT2D eigenvalue weighted by Crippen LogP contribution is 2.59. The highest BCUT2D eigenvalue weighted by molar-refractivity contribution is 6.32. The third kappa shape index (κ3) is 4.56. The van der Waals surface area contributed by atoms with Gasteiger partial charge in [-0.1, -0.05) is 11.6 Å². The Morgan fingerprint density at radius 3 is 1.95 bits per heavy atom. The van der Waals surface area contributed by atoms with Gasteiger partial charge in [-0.15, -0.1) is 23.2 Å². The predicted molar refractivity (Wildman–Crippen MR) is 134 cm³/mol. The highest BCUT2D eigenvalue weighted by Gasteiger charge is 2.66. The second-order valence-corrected chi connectivity index (χ2v) is 10.6. The van der Waals surface area contributed by atoms with Crippen LogP contribution in [-0.2, 0) is 19.1 Å². The highest BCUT2D eigenvalue weighted by atomic mass is 35.5. The maximum Gasteiger partial charge on any atom is 0.338 e. The van der Waals surface area contributed by atoms with Gasteiger partial charge in [-0.2, -0.15) is 0 Å². The summed E-state index contributed by atoms with van der Waals surface area (Å²) in [7, 11) is 0. The average molecular weight is 565 g/mol. The average Bonchev–Trinajstić information content (AvgIpc) is 3.51. The van der Waals surface area contributed by atoms with Crippen molar-refractivity contribution in [1.82, 2.24) is 10.9 Å². The topological polar surface area (TPSA) is 122 Å². The number of rotatable bonds is 5. The summed E-state index contributed by atoms with van der Waals surface area (Å²) in [6.07, 6.45) is 0.673. The number of ether oxygens (including phenoxy) is 1. The van der Waals surface area contributed by atoms with Crippen molar-refractivity contribution >= 4 is 70.1 Å². The van der Waals surface area contributed by atoms with Crippen molar-refractivity contribution in [3.05, 3.63) is 64.7 Å². The molecule has 0 unspecified atom stereocenters. The van der Waals surface area contributed by atoms with Gasteiger partial charge in [0.2, 0.25) is 11.8 Å². The lowest BCUT2D eigenvalue weighted by molar-refractivity contribution is -0.125. The number of amides is 4. The number of imide groups is 1. The van der Waals surface area contributed by atoms with Crippen molar-refractivity contribution in [3.8, 4) is 0 Å². The van der Waals surface area contributed by atoms with Crippen molar-refractivity contribution in [3.63, 3.8) is 0 Å². The zero-order chi connectivity index (χ0) is 26.4. The van der Waals surface area contributed by atoms with Crippen LogP contribution in [0.3, 0.4) is 0 Å². The molecule has 9 nitrogen and oxygen atoms in total. The van der Waals surface area contributed by atoms with Gasteiger partial charge in [0, 0.05) is 10.6 Å². The number of hydrazine groups is 1. The number of hydrogen-bond donors (Lipinski definition) is 2. The van der Waals surface area contributed by atoms with Gasteiger partial charge in [0.25, 0.3) is 11.8 Å². The predicted octanol–water partition coefficient (Wildman–Crippen LogP) is 2.93. The van der Waals surface area contributed by atoms with Crippen molar-refractivity contribution in [2.75, 3.05) is 11.5 Å². The number of nitrogens with zero attached hydrogens (tertiary/aromatic N) is 1. The van der Waals surface area contributed by atoms with Crippen molar-refractivity contribution < 1.29 is 28.7 Å². The first kappa shape index (κ1) is 25.5. The molecule has 5 rings (SSSR count). The number of carbonyl (C=O) groups excluding carboxylic acids is 5. The van der Waals surface area contributed by atoms with Gasteiger partial charge in [0.15, 0.2) is 6.61 Å². The number of halogens is 3. The van der Waals surface area contributed by atoms with Gasteiger partial charge in [-0.25, -0.2) is 4.79 Å². The number of alkyl halides is 2. The van der Waals surface area contributed by atoms with E-state index in [9.17, 15) is 24.0 Å². The minimum absolute atomic E-state index is 0.114. The van der Waals surface area contributed by atoms with E-state index in [1.54, 1.807) is 0 Å². The first-order chi connectivity index (χ1) is 17.7. The Morgan fingerprint density at radius 1 is 0.838 bits per heavy atom. The molecule has 2 bridgehead atoms. The molecule has 1 saturated heterocycles. The second kappa shape index (κ2) is 9.96. The summed E-state index contributed by atoms with van der Waals surface area (Å²) < 4.78 is 4.98. The zero-order valence-corrected chi connectivity index (χ0v) is 21.3. The van der Waals surface area contributed by atoms with Gasteiger partial charge in [0.1, 0.15) is 0 Å². The number of carbonyl (C=O) groups is 5. The van der Waals surface area contributed by atoms with Crippen LogP contribution in [0.4, 0.5) is 5.69 Å². The van der Waals surface area contributed by atoms with Crippen LogP contribution in [0.15, 0.2) is 48.5 Å². The number of benzene rings is 2. The van der Waals surface area contributed by atoms with E-state index in [0.29, 0.717) is 17.1 Å². The van der Waals surface area contributed by atoms with Crippen LogP contribution in [0.2, 0.25) is 5.02 Å². The zero-order valence-electron chi connectivity index (χ0n) is 19.0. The van der Waals surface area contributed by atoms with Crippen LogP contribution in [0, 0.1) is 23.7 Å². The van der Waals surface area contributed by atoms with E-state index in [-0.39, 0.29) is 45.5 Å². The molecule has 4 amide bonds. The smallest absolute Gasteiger partial charge is 0.338 e. The number of esters is 1. The van der Waals surface area contributed by atoms with E-state index < -0.39 is 36.2 Å². The summed E-state index contributed by atoms with van der Waals surface area (Å²) in [6.45, 7) is -0.643. The molecule has 0 radical (unpaired) electrons. The largest absolute Gasteiger partial charge is 0.452 e. The van der Waals surface area contributed by atoms with Gasteiger partial charge >= 0.3 is 5.97 Å². The summed E-state index contributed by atoms with van der Waals surface area (Å²) in [4.78, 5) is 63.6. The Morgan fingerprint density at radius 2 is 1.38 bits per heavy atom. The van der Waals surface area contributed by atoms with Crippen LogP contribution in [0.1, 0.15) is 27.1 Å². The van der Waals surface area contributed by atoms with Crippen molar-refractivity contribution in [1.29, 1.82) is 0 Å². The van der Waals surface area contributed by atoms with Gasteiger partial charge in [-0.05, 0) is 66.8 Å². The molecule has 2 N–H and O–H groups in total. The van der Waals surface area contributed by atoms with E-state index in [1.807, 2.05) is 0 Å². The molecule has 2 saturated carbocycles. The van der Waals surface area contributed by atoms with Crippen LogP contribution < -0.4 is 15.8 Å².